The van der Waals surface area contributed by atoms with Crippen molar-refractivity contribution in [3.05, 3.63) is 77.1 Å². The normalized spacial score (nSPS) is 22.4. The van der Waals surface area contributed by atoms with E-state index in [9.17, 15) is 18.1 Å². The Morgan fingerprint density at radius 2 is 1.86 bits per heavy atom. The Balaban J connectivity index is 2.23. The molecule has 0 aliphatic heterocycles. The fourth-order valence-electron chi connectivity index (χ4n) is 4.04. The molecule has 2 aromatic rings. The van der Waals surface area contributed by atoms with Gasteiger partial charge in [-0.1, -0.05) is 23.7 Å². The van der Waals surface area contributed by atoms with Crippen LogP contribution in [0.5, 0.6) is 0 Å². The van der Waals surface area contributed by atoms with E-state index in [4.69, 9.17) is 11.6 Å². The fourth-order valence-corrected chi connectivity index (χ4v) is 6.37. The van der Waals surface area contributed by atoms with Crippen LogP contribution in [0.25, 0.3) is 0 Å². The van der Waals surface area contributed by atoms with E-state index in [0.717, 1.165) is 5.56 Å². The molecule has 0 amide bonds. The lowest BCUT2D eigenvalue weighted by Crippen LogP contribution is -2.40. The van der Waals surface area contributed by atoms with Gasteiger partial charge in [0.1, 0.15) is 10.6 Å². The highest BCUT2D eigenvalue weighted by Crippen LogP contribution is 2.49. The summed E-state index contributed by atoms with van der Waals surface area (Å²) >= 11 is 5.93. The third-order valence-corrected chi connectivity index (χ3v) is 8.34. The summed E-state index contributed by atoms with van der Waals surface area (Å²) in [6, 6.07) is 12.6. The molecule has 1 fully saturated rings. The number of rotatable bonds is 5. The second-order valence-corrected chi connectivity index (χ2v) is 9.85. The Morgan fingerprint density at radius 3 is 2.43 bits per heavy atom. The molecule has 2 aromatic carbocycles. The van der Waals surface area contributed by atoms with Crippen LogP contribution in [0.15, 0.2) is 60.0 Å². The minimum atomic E-state index is -3.85. The number of benzene rings is 2. The van der Waals surface area contributed by atoms with E-state index < -0.39 is 20.4 Å². The molecule has 28 heavy (non-hydrogen) atoms. The van der Waals surface area contributed by atoms with Crippen molar-refractivity contribution < 1.29 is 12.8 Å². The van der Waals surface area contributed by atoms with Crippen LogP contribution >= 0.6 is 11.6 Å². The lowest BCUT2D eigenvalue weighted by molar-refractivity contribution is 0.333. The molecule has 1 aliphatic carbocycles. The van der Waals surface area contributed by atoms with E-state index in [0.29, 0.717) is 29.8 Å². The molecular formula is C22H21ClFNO2S. The second-order valence-electron chi connectivity index (χ2n) is 7.15. The first-order valence-electron chi connectivity index (χ1n) is 9.13. The summed E-state index contributed by atoms with van der Waals surface area (Å²) in [5, 5.41) is 9.72. The summed E-state index contributed by atoms with van der Waals surface area (Å²) in [7, 11) is -3.85. The van der Waals surface area contributed by atoms with Crippen molar-refractivity contribution >= 4 is 21.4 Å². The lowest BCUT2D eigenvalue weighted by atomic mass is 9.76. The average Bonchev–Trinajstić information content (AvgIpc) is 2.69. The van der Waals surface area contributed by atoms with Gasteiger partial charge in [-0.25, -0.2) is 12.8 Å². The highest BCUT2D eigenvalue weighted by molar-refractivity contribution is 7.92. The van der Waals surface area contributed by atoms with Crippen LogP contribution in [-0.2, 0) is 21.0 Å². The minimum absolute atomic E-state index is 0.154. The van der Waals surface area contributed by atoms with Gasteiger partial charge in [-0.2, -0.15) is 5.26 Å². The summed E-state index contributed by atoms with van der Waals surface area (Å²) in [5.41, 5.74) is 1.21. The SMILES string of the molecule is C=CCc1ccc(F)cc1C1(S(=O)(=O)c2ccc(Cl)cc2)CCC(C#N)CC1. The third-order valence-electron chi connectivity index (χ3n) is 5.54. The van der Waals surface area contributed by atoms with E-state index in [1.54, 1.807) is 24.3 Å². The highest BCUT2D eigenvalue weighted by atomic mass is 35.5. The molecule has 146 valence electrons. The number of hydrogen-bond acceptors (Lipinski definition) is 3. The third kappa shape index (κ3) is 3.59. The zero-order valence-electron chi connectivity index (χ0n) is 15.4. The van der Waals surface area contributed by atoms with Gasteiger partial charge in [0.05, 0.1) is 11.0 Å². The van der Waals surface area contributed by atoms with Gasteiger partial charge in [0.15, 0.2) is 9.84 Å². The van der Waals surface area contributed by atoms with Gasteiger partial charge in [-0.15, -0.1) is 6.58 Å². The van der Waals surface area contributed by atoms with Crippen LogP contribution in [0, 0.1) is 23.1 Å². The molecule has 6 heteroatoms. The Kier molecular flexibility index (Phi) is 5.92. The van der Waals surface area contributed by atoms with Crippen LogP contribution in [0.4, 0.5) is 4.39 Å². The van der Waals surface area contributed by atoms with Gasteiger partial charge in [0.25, 0.3) is 0 Å². The Hall–Kier alpha value is -2.16. The molecule has 1 aliphatic rings. The Morgan fingerprint density at radius 1 is 1.21 bits per heavy atom. The summed E-state index contributed by atoms with van der Waals surface area (Å²) in [6.45, 7) is 3.74. The van der Waals surface area contributed by atoms with Gasteiger partial charge >= 0.3 is 0 Å². The number of halogens is 2. The average molecular weight is 418 g/mol. The van der Waals surface area contributed by atoms with Gasteiger partial charge in [-0.3, -0.25) is 0 Å². The van der Waals surface area contributed by atoms with E-state index in [1.165, 1.54) is 24.3 Å². The van der Waals surface area contributed by atoms with Crippen LogP contribution in [0.2, 0.25) is 5.02 Å². The molecule has 0 bridgehead atoms. The van der Waals surface area contributed by atoms with Gasteiger partial charge < -0.3 is 0 Å². The Bertz CT molecular complexity index is 1020. The largest absolute Gasteiger partial charge is 0.223 e. The maximum atomic E-state index is 14.2. The molecule has 0 heterocycles. The first kappa shape index (κ1) is 20.6. The number of allylic oxidation sites excluding steroid dienone is 1. The van der Waals surface area contributed by atoms with Crippen molar-refractivity contribution in [1.82, 2.24) is 0 Å². The number of nitriles is 1. The minimum Gasteiger partial charge on any atom is -0.223 e. The first-order valence-corrected chi connectivity index (χ1v) is 11.0. The smallest absolute Gasteiger partial charge is 0.188 e. The fraction of sp³-hybridized carbons (Fsp3) is 0.318. The van der Waals surface area contributed by atoms with Crippen LogP contribution in [0.3, 0.4) is 0 Å². The van der Waals surface area contributed by atoms with Gasteiger partial charge in [0, 0.05) is 10.9 Å². The van der Waals surface area contributed by atoms with Gasteiger partial charge in [-0.05, 0) is 79.6 Å². The van der Waals surface area contributed by atoms with Crippen LogP contribution in [-0.4, -0.2) is 8.42 Å². The second kappa shape index (κ2) is 8.06. The quantitative estimate of drug-likeness (QED) is 0.595. The van der Waals surface area contributed by atoms with E-state index in [-0.39, 0.29) is 23.7 Å². The van der Waals surface area contributed by atoms with E-state index >= 15 is 0 Å². The molecular weight excluding hydrogens is 397 g/mol. The summed E-state index contributed by atoms with van der Waals surface area (Å²) in [5.74, 6) is -0.666. The zero-order chi connectivity index (χ0) is 20.4. The van der Waals surface area contributed by atoms with Crippen molar-refractivity contribution in [1.29, 1.82) is 5.26 Å². The van der Waals surface area contributed by atoms with Gasteiger partial charge in [0.2, 0.25) is 0 Å². The van der Waals surface area contributed by atoms with Crippen molar-refractivity contribution in [2.45, 2.75) is 41.7 Å². The standard InChI is InChI=1S/C22H21ClFNO2S/c1-2-3-17-4-7-19(24)14-21(17)22(12-10-16(15-25)11-13-22)28(26,27)20-8-5-18(23)6-9-20/h2,4-9,14,16H,1,3,10-13H2. The predicted molar refractivity (Wildman–Crippen MR) is 108 cm³/mol. The molecule has 0 aromatic heterocycles. The highest BCUT2D eigenvalue weighted by Gasteiger charge is 2.49. The number of hydrogen-bond donors (Lipinski definition) is 0. The van der Waals surface area contributed by atoms with E-state index in [1.807, 2.05) is 0 Å². The van der Waals surface area contributed by atoms with Crippen molar-refractivity contribution in [2.75, 3.05) is 0 Å². The summed E-state index contributed by atoms with van der Waals surface area (Å²) < 4.78 is 40.5. The zero-order valence-corrected chi connectivity index (χ0v) is 16.9. The monoisotopic (exact) mass is 417 g/mol. The molecule has 0 spiro atoms. The van der Waals surface area contributed by atoms with Crippen molar-refractivity contribution in [2.24, 2.45) is 5.92 Å². The predicted octanol–water partition coefficient (Wildman–Crippen LogP) is 5.59. The van der Waals surface area contributed by atoms with Crippen molar-refractivity contribution in [3.63, 3.8) is 0 Å². The maximum absolute atomic E-state index is 14.2. The van der Waals surface area contributed by atoms with Crippen LogP contribution in [0.1, 0.15) is 36.8 Å². The molecule has 0 unspecified atom stereocenters. The van der Waals surface area contributed by atoms with E-state index in [2.05, 4.69) is 12.6 Å². The molecule has 0 radical (unpaired) electrons. The molecule has 0 atom stereocenters. The Labute approximate surface area is 170 Å². The number of nitrogens with zero attached hydrogens (tertiary/aromatic N) is 1. The number of sulfone groups is 1. The van der Waals surface area contributed by atoms with Crippen molar-refractivity contribution in [3.8, 4) is 6.07 Å². The molecule has 0 saturated heterocycles. The lowest BCUT2D eigenvalue weighted by Gasteiger charge is -2.39. The summed E-state index contributed by atoms with van der Waals surface area (Å²) in [6.07, 6.45) is 3.56. The summed E-state index contributed by atoms with van der Waals surface area (Å²) in [4.78, 5) is 0.154. The molecule has 1 saturated carbocycles. The molecule has 3 nitrogen and oxygen atoms in total. The topological polar surface area (TPSA) is 57.9 Å². The molecule has 0 N–H and O–H groups in total. The first-order chi connectivity index (χ1) is 13.3. The maximum Gasteiger partial charge on any atom is 0.188 e. The molecule has 3 rings (SSSR count). The van der Waals surface area contributed by atoms with Crippen LogP contribution < -0.4 is 0 Å².